The van der Waals surface area contributed by atoms with E-state index in [0.717, 1.165) is 6.04 Å². The highest BCUT2D eigenvalue weighted by atomic mass is 35.6. The van der Waals surface area contributed by atoms with E-state index in [9.17, 15) is 0 Å². The van der Waals surface area contributed by atoms with Crippen molar-refractivity contribution in [2.24, 2.45) is 0 Å². The first kappa shape index (κ1) is 9.81. The average Bonchev–Trinajstić information content (AvgIpc) is 2.05. The minimum absolute atomic E-state index is 0.365. The van der Waals surface area contributed by atoms with Gasteiger partial charge in [-0.15, -0.1) is 0 Å². The van der Waals surface area contributed by atoms with E-state index in [-0.39, 0.29) is 8.83 Å². The Bertz CT molecular complexity index is 245. The average molecular weight is 199 g/mol. The molecule has 1 aromatic rings. The molecule has 0 unspecified atom stereocenters. The van der Waals surface area contributed by atoms with Gasteiger partial charge in [0.15, 0.2) is 0 Å². The third-order valence-corrected chi connectivity index (χ3v) is 3.34. The predicted molar refractivity (Wildman–Crippen MR) is 58.6 cm³/mol. The maximum atomic E-state index is 5.85. The van der Waals surface area contributed by atoms with Gasteiger partial charge in [0.2, 0.25) is 0 Å². The molecule has 0 nitrogen and oxygen atoms in total. The largest absolute Gasteiger partial charge is 0.176 e. The molecule has 0 bridgehead atoms. The topological polar surface area (TPSA) is 0 Å². The zero-order valence-corrected chi connectivity index (χ0v) is 9.85. The highest BCUT2D eigenvalue weighted by molar-refractivity contribution is 6.93. The van der Waals surface area contributed by atoms with Crippen molar-refractivity contribution in [2.45, 2.75) is 25.8 Å². The minimum atomic E-state index is -0.365. The van der Waals surface area contributed by atoms with Crippen LogP contribution in [-0.2, 0) is 6.04 Å². The van der Waals surface area contributed by atoms with Gasteiger partial charge in [0, 0.05) is 0 Å². The van der Waals surface area contributed by atoms with Gasteiger partial charge in [0.25, 0.3) is 0 Å². The van der Waals surface area contributed by atoms with Gasteiger partial charge in [-0.1, -0.05) is 38.1 Å². The molecule has 0 aromatic heterocycles. The van der Waals surface area contributed by atoms with E-state index in [1.54, 1.807) is 0 Å². The quantitative estimate of drug-likeness (QED) is 0.518. The molecular weight excluding hydrogens is 184 g/mol. The predicted octanol–water partition coefficient (Wildman–Crippen LogP) is 2.63. The highest BCUT2D eigenvalue weighted by Gasteiger charge is 2.04. The highest BCUT2D eigenvalue weighted by Crippen LogP contribution is 2.19. The van der Waals surface area contributed by atoms with Crippen molar-refractivity contribution in [1.29, 1.82) is 0 Å². The fraction of sp³-hybridized carbons (Fsp3) is 0.400. The van der Waals surface area contributed by atoms with Crippen molar-refractivity contribution >= 4 is 19.9 Å². The van der Waals surface area contributed by atoms with Gasteiger partial charge in [-0.2, -0.15) is 11.1 Å². The summed E-state index contributed by atoms with van der Waals surface area (Å²) in [5.74, 6) is 0.624. The third kappa shape index (κ3) is 2.36. The van der Waals surface area contributed by atoms with Crippen molar-refractivity contribution in [3.8, 4) is 0 Å². The lowest BCUT2D eigenvalue weighted by Crippen LogP contribution is -1.98. The Kier molecular flexibility index (Phi) is 3.83. The summed E-state index contributed by atoms with van der Waals surface area (Å²) >= 11 is 5.85. The molecule has 0 amide bonds. The summed E-state index contributed by atoms with van der Waals surface area (Å²) in [4.78, 5) is 0. The monoisotopic (exact) mass is 198 g/mol. The summed E-state index contributed by atoms with van der Waals surface area (Å²) < 4.78 is 0. The minimum Gasteiger partial charge on any atom is -0.176 e. The molecule has 1 aromatic carbocycles. The molecule has 0 radical (unpaired) electrons. The molecule has 0 N–H and O–H groups in total. The van der Waals surface area contributed by atoms with Gasteiger partial charge in [0.1, 0.15) is 8.83 Å². The van der Waals surface area contributed by atoms with E-state index >= 15 is 0 Å². The second-order valence-corrected chi connectivity index (χ2v) is 5.30. The zero-order valence-electron chi connectivity index (χ0n) is 7.68. The van der Waals surface area contributed by atoms with Crippen LogP contribution < -0.4 is 0 Å². The van der Waals surface area contributed by atoms with Crippen LogP contribution >= 0.6 is 11.1 Å². The van der Waals surface area contributed by atoms with Crippen molar-refractivity contribution in [1.82, 2.24) is 0 Å². The van der Waals surface area contributed by atoms with Crippen LogP contribution in [0.1, 0.15) is 30.9 Å². The normalized spacial score (nSPS) is 11.7. The van der Waals surface area contributed by atoms with E-state index in [4.69, 9.17) is 11.1 Å². The van der Waals surface area contributed by atoms with Crippen LogP contribution in [0.4, 0.5) is 0 Å². The molecule has 0 saturated heterocycles. The number of hydrogen-bond acceptors (Lipinski definition) is 0. The van der Waals surface area contributed by atoms with Crippen molar-refractivity contribution in [3.05, 3.63) is 35.4 Å². The lowest BCUT2D eigenvalue weighted by atomic mass is 9.98. The van der Waals surface area contributed by atoms with Crippen molar-refractivity contribution in [3.63, 3.8) is 0 Å². The molecule has 1 rings (SSSR count). The van der Waals surface area contributed by atoms with E-state index < -0.39 is 0 Å². The lowest BCUT2D eigenvalue weighted by molar-refractivity contribution is 0.854. The van der Waals surface area contributed by atoms with E-state index in [1.165, 1.54) is 11.1 Å². The lowest BCUT2D eigenvalue weighted by Gasteiger charge is -2.10. The molecule has 0 atom stereocenters. The standard InChI is InChI=1S/C10H15ClSi/c1-8(2)10-6-4-3-5-9(10)7-12-11/h3-6,8H,7,12H2,1-2H3. The molecule has 2 heteroatoms. The third-order valence-electron chi connectivity index (χ3n) is 2.04. The summed E-state index contributed by atoms with van der Waals surface area (Å²) in [7, 11) is -0.365. The van der Waals surface area contributed by atoms with Crippen LogP contribution in [0.2, 0.25) is 0 Å². The maximum absolute atomic E-state index is 5.85. The zero-order chi connectivity index (χ0) is 8.97. The second kappa shape index (κ2) is 4.68. The fourth-order valence-corrected chi connectivity index (χ4v) is 2.70. The molecule has 0 aliphatic rings. The molecule has 0 fully saturated rings. The van der Waals surface area contributed by atoms with Crippen LogP contribution in [0.25, 0.3) is 0 Å². The molecule has 0 saturated carbocycles. The van der Waals surface area contributed by atoms with Gasteiger partial charge in [0.05, 0.1) is 0 Å². The Balaban J connectivity index is 2.92. The van der Waals surface area contributed by atoms with Crippen LogP contribution in [0, 0.1) is 0 Å². The molecule has 12 heavy (non-hydrogen) atoms. The van der Waals surface area contributed by atoms with Gasteiger partial charge < -0.3 is 0 Å². The molecule has 0 aliphatic heterocycles. The first-order valence-corrected chi connectivity index (χ1v) is 7.53. The molecule has 0 aliphatic carbocycles. The van der Waals surface area contributed by atoms with E-state index in [0.29, 0.717) is 5.92 Å². The van der Waals surface area contributed by atoms with Gasteiger partial charge in [-0.25, -0.2) is 0 Å². The maximum Gasteiger partial charge on any atom is 0.129 e. The van der Waals surface area contributed by atoms with Crippen LogP contribution in [0.15, 0.2) is 24.3 Å². The Labute approximate surface area is 81.5 Å². The molecule has 0 spiro atoms. The van der Waals surface area contributed by atoms with Crippen LogP contribution in [0.3, 0.4) is 0 Å². The Morgan fingerprint density at radius 3 is 2.58 bits per heavy atom. The van der Waals surface area contributed by atoms with E-state index in [2.05, 4.69) is 38.1 Å². The summed E-state index contributed by atoms with van der Waals surface area (Å²) in [5, 5.41) is 0. The van der Waals surface area contributed by atoms with E-state index in [1.807, 2.05) is 0 Å². The molecule has 0 heterocycles. The SMILES string of the molecule is CC(C)c1ccccc1C[SiH2]Cl. The summed E-state index contributed by atoms with van der Waals surface area (Å²) in [6.45, 7) is 4.46. The van der Waals surface area contributed by atoms with Gasteiger partial charge in [-0.05, 0) is 23.1 Å². The smallest absolute Gasteiger partial charge is 0.129 e. The number of benzene rings is 1. The van der Waals surface area contributed by atoms with Crippen molar-refractivity contribution < 1.29 is 0 Å². The Hall–Kier alpha value is -0.273. The number of hydrogen-bond donors (Lipinski definition) is 0. The van der Waals surface area contributed by atoms with Gasteiger partial charge >= 0.3 is 0 Å². The van der Waals surface area contributed by atoms with Crippen LogP contribution in [0.5, 0.6) is 0 Å². The molecule has 66 valence electrons. The Morgan fingerprint density at radius 1 is 1.33 bits per heavy atom. The number of rotatable bonds is 3. The first-order valence-electron chi connectivity index (χ1n) is 4.39. The first-order chi connectivity index (χ1) is 5.75. The summed E-state index contributed by atoms with van der Waals surface area (Å²) in [6.07, 6.45) is 0. The fourth-order valence-electron chi connectivity index (χ4n) is 1.43. The summed E-state index contributed by atoms with van der Waals surface area (Å²) in [6, 6.07) is 9.73. The number of halogens is 1. The summed E-state index contributed by atoms with van der Waals surface area (Å²) in [5.41, 5.74) is 2.92. The van der Waals surface area contributed by atoms with Crippen LogP contribution in [-0.4, -0.2) is 8.83 Å². The van der Waals surface area contributed by atoms with Crippen molar-refractivity contribution in [2.75, 3.05) is 0 Å². The second-order valence-electron chi connectivity index (χ2n) is 3.29. The molecular formula is C10H15ClSi. The van der Waals surface area contributed by atoms with Gasteiger partial charge in [-0.3, -0.25) is 0 Å². The Morgan fingerprint density at radius 2 is 2.00 bits per heavy atom.